The number of nitrogens with one attached hydrogen (secondary N) is 1. The summed E-state index contributed by atoms with van der Waals surface area (Å²) < 4.78 is 41.9. The number of carbonyl (C=O) groups is 1. The van der Waals surface area contributed by atoms with Crippen LogP contribution in [-0.2, 0) is 24.1 Å². The fourth-order valence-corrected chi connectivity index (χ4v) is 4.49. The van der Waals surface area contributed by atoms with Gasteiger partial charge in [0.2, 0.25) is 5.91 Å². The van der Waals surface area contributed by atoms with Crippen molar-refractivity contribution in [3.8, 4) is 0 Å². The van der Waals surface area contributed by atoms with Crippen LogP contribution in [0, 0.1) is 0 Å². The van der Waals surface area contributed by atoms with Crippen molar-refractivity contribution >= 4 is 16.9 Å². The molecule has 39 heavy (non-hydrogen) atoms. The number of nitrogens with zero attached hydrogens (tertiary/aromatic N) is 4. The lowest BCUT2D eigenvalue weighted by Gasteiger charge is -2.18. The van der Waals surface area contributed by atoms with Crippen LogP contribution in [0.2, 0.25) is 0 Å². The molecule has 2 heterocycles. The summed E-state index contributed by atoms with van der Waals surface area (Å²) in [7, 11) is 0. The Balaban J connectivity index is 1.29. The number of hydrogen-bond donors (Lipinski definition) is 1. The van der Waals surface area contributed by atoms with Crippen molar-refractivity contribution in [3.05, 3.63) is 130 Å². The first-order chi connectivity index (χ1) is 18.8. The van der Waals surface area contributed by atoms with Crippen LogP contribution in [0.1, 0.15) is 28.2 Å². The number of fused-ring (bicyclic) bond motifs is 1. The summed E-state index contributed by atoms with van der Waals surface area (Å²) in [6.07, 6.45) is -1.80. The fraction of sp³-hybridized carbons (Fsp3) is 0.172. The average molecular weight is 532 g/mol. The van der Waals surface area contributed by atoms with Gasteiger partial charge in [0.15, 0.2) is 5.65 Å². The van der Waals surface area contributed by atoms with E-state index in [0.717, 1.165) is 23.3 Å². The topological polar surface area (TPSA) is 81.8 Å². The lowest BCUT2D eigenvalue weighted by Crippen LogP contribution is -2.32. The number of carbonyl (C=O) groups excluding carboxylic acids is 1. The number of benzene rings is 3. The molecule has 0 bridgehead atoms. The van der Waals surface area contributed by atoms with E-state index in [0.29, 0.717) is 11.2 Å². The van der Waals surface area contributed by atoms with Crippen LogP contribution >= 0.6 is 0 Å². The van der Waals surface area contributed by atoms with Crippen molar-refractivity contribution in [3.63, 3.8) is 0 Å². The molecule has 1 N–H and O–H groups in total. The minimum absolute atomic E-state index is 0.0622. The number of amides is 1. The third kappa shape index (κ3) is 5.74. The Morgan fingerprint density at radius 3 is 2.23 bits per heavy atom. The first-order valence-corrected chi connectivity index (χ1v) is 12.3. The quantitative estimate of drug-likeness (QED) is 0.317. The molecule has 5 aromatic rings. The Bertz CT molecular complexity index is 1610. The van der Waals surface area contributed by atoms with Gasteiger partial charge in [-0.05, 0) is 28.8 Å². The van der Waals surface area contributed by atoms with Gasteiger partial charge in [0.25, 0.3) is 5.56 Å². The molecule has 7 nitrogen and oxygen atoms in total. The normalized spacial score (nSPS) is 11.7. The van der Waals surface area contributed by atoms with E-state index in [2.05, 4.69) is 15.4 Å². The molecule has 2 aromatic heterocycles. The molecule has 0 aliphatic rings. The van der Waals surface area contributed by atoms with E-state index in [1.807, 2.05) is 60.7 Å². The lowest BCUT2D eigenvalue weighted by molar-refractivity contribution is -0.137. The predicted molar refractivity (Wildman–Crippen MR) is 140 cm³/mol. The highest BCUT2D eigenvalue weighted by atomic mass is 19.4. The maximum Gasteiger partial charge on any atom is 0.416 e. The minimum atomic E-state index is -4.47. The van der Waals surface area contributed by atoms with Crippen LogP contribution in [0.5, 0.6) is 0 Å². The highest BCUT2D eigenvalue weighted by Crippen LogP contribution is 2.29. The molecule has 198 valence electrons. The largest absolute Gasteiger partial charge is 0.416 e. The van der Waals surface area contributed by atoms with Crippen LogP contribution in [0.15, 0.2) is 102 Å². The van der Waals surface area contributed by atoms with Crippen molar-refractivity contribution in [1.29, 1.82) is 0 Å². The van der Waals surface area contributed by atoms with Crippen LogP contribution < -0.4 is 10.9 Å². The van der Waals surface area contributed by atoms with Crippen LogP contribution in [0.25, 0.3) is 11.0 Å². The van der Waals surface area contributed by atoms with E-state index >= 15 is 0 Å². The Morgan fingerprint density at radius 2 is 1.59 bits per heavy atom. The second-order valence-corrected chi connectivity index (χ2v) is 9.03. The van der Waals surface area contributed by atoms with E-state index in [1.165, 1.54) is 33.9 Å². The number of alkyl halides is 3. The van der Waals surface area contributed by atoms with E-state index in [9.17, 15) is 22.8 Å². The zero-order chi connectivity index (χ0) is 27.4. The van der Waals surface area contributed by atoms with Crippen LogP contribution in [0.3, 0.4) is 0 Å². The third-order valence-electron chi connectivity index (χ3n) is 6.38. The van der Waals surface area contributed by atoms with E-state index in [1.54, 1.807) is 0 Å². The Kier molecular flexibility index (Phi) is 7.27. The summed E-state index contributed by atoms with van der Waals surface area (Å²) in [6, 6.07) is 23.8. The number of aromatic nitrogens is 4. The van der Waals surface area contributed by atoms with Crippen molar-refractivity contribution in [2.45, 2.75) is 25.2 Å². The third-order valence-corrected chi connectivity index (χ3v) is 6.38. The molecule has 0 radical (unpaired) electrons. The van der Waals surface area contributed by atoms with Gasteiger partial charge in [-0.25, -0.2) is 9.67 Å². The van der Waals surface area contributed by atoms with E-state index < -0.39 is 23.2 Å². The second kappa shape index (κ2) is 10.9. The van der Waals surface area contributed by atoms with E-state index in [4.69, 9.17) is 0 Å². The van der Waals surface area contributed by atoms with Gasteiger partial charge >= 0.3 is 6.18 Å². The van der Waals surface area contributed by atoms with Crippen LogP contribution in [-0.4, -0.2) is 31.8 Å². The molecule has 5 rings (SSSR count). The molecule has 0 unspecified atom stereocenters. The van der Waals surface area contributed by atoms with Gasteiger partial charge in [-0.2, -0.15) is 18.3 Å². The molecule has 0 aliphatic carbocycles. The second-order valence-electron chi connectivity index (χ2n) is 9.03. The molecule has 0 spiro atoms. The highest BCUT2D eigenvalue weighted by molar-refractivity contribution is 5.87. The molecule has 1 amide bonds. The first kappa shape index (κ1) is 25.9. The highest BCUT2D eigenvalue weighted by Gasteiger charge is 2.30. The van der Waals surface area contributed by atoms with E-state index in [-0.39, 0.29) is 30.9 Å². The molecule has 0 fully saturated rings. The molecule has 0 saturated carbocycles. The number of rotatable bonds is 8. The van der Waals surface area contributed by atoms with Crippen LogP contribution in [0.4, 0.5) is 13.2 Å². The fourth-order valence-electron chi connectivity index (χ4n) is 4.49. The SMILES string of the molecule is O=C(NCCn1ncc2c(=O)n(Cc3cccc(C(F)(F)F)c3)cnc21)C(c1ccccc1)c1ccccc1. The summed E-state index contributed by atoms with van der Waals surface area (Å²) in [5.74, 6) is -0.650. The summed E-state index contributed by atoms with van der Waals surface area (Å²) >= 11 is 0. The maximum atomic E-state index is 13.2. The van der Waals surface area contributed by atoms with Crippen molar-refractivity contribution in [1.82, 2.24) is 24.6 Å². The molecule has 0 saturated heterocycles. The summed E-state index contributed by atoms with van der Waals surface area (Å²) in [5, 5.41) is 7.44. The standard InChI is InChI=1S/C29H24F3N5O2/c30-29(31,32)23-13-7-8-20(16-23)18-36-19-34-26-24(28(36)39)17-35-37(26)15-14-33-27(38)25(21-9-3-1-4-10-21)22-11-5-2-6-12-22/h1-13,16-17,19,25H,14-15,18H2,(H,33,38). The monoisotopic (exact) mass is 531 g/mol. The molecular formula is C29H24F3N5O2. The summed E-state index contributed by atoms with van der Waals surface area (Å²) in [6.45, 7) is 0.462. The van der Waals surface area contributed by atoms with Gasteiger partial charge in [0.1, 0.15) is 11.7 Å². The molecular weight excluding hydrogens is 507 g/mol. The summed E-state index contributed by atoms with van der Waals surface area (Å²) in [5.41, 5.74) is 1.20. The van der Waals surface area contributed by atoms with Gasteiger partial charge in [-0.1, -0.05) is 72.8 Å². The zero-order valence-electron chi connectivity index (χ0n) is 20.7. The van der Waals surface area contributed by atoms with Gasteiger partial charge in [0.05, 0.1) is 30.8 Å². The summed E-state index contributed by atoms with van der Waals surface area (Å²) in [4.78, 5) is 30.5. The average Bonchev–Trinajstić information content (AvgIpc) is 3.35. The molecule has 10 heteroatoms. The Labute approximate surface area is 221 Å². The predicted octanol–water partition coefficient (Wildman–Crippen LogP) is 4.61. The van der Waals surface area contributed by atoms with Gasteiger partial charge < -0.3 is 5.32 Å². The molecule has 3 aromatic carbocycles. The molecule has 0 aliphatic heterocycles. The molecule has 0 atom stereocenters. The minimum Gasteiger partial charge on any atom is -0.353 e. The number of hydrogen-bond acceptors (Lipinski definition) is 4. The first-order valence-electron chi connectivity index (χ1n) is 12.3. The number of halogens is 3. The maximum absolute atomic E-state index is 13.2. The van der Waals surface area contributed by atoms with Crippen molar-refractivity contribution in [2.24, 2.45) is 0 Å². The Morgan fingerprint density at radius 1 is 0.923 bits per heavy atom. The van der Waals surface area contributed by atoms with Gasteiger partial charge in [-0.3, -0.25) is 14.2 Å². The lowest BCUT2D eigenvalue weighted by atomic mass is 9.90. The van der Waals surface area contributed by atoms with Crippen molar-refractivity contribution in [2.75, 3.05) is 6.54 Å². The smallest absolute Gasteiger partial charge is 0.353 e. The zero-order valence-corrected chi connectivity index (χ0v) is 20.7. The van der Waals surface area contributed by atoms with Gasteiger partial charge in [-0.15, -0.1) is 0 Å². The Hall–Kier alpha value is -4.73. The van der Waals surface area contributed by atoms with Crippen molar-refractivity contribution < 1.29 is 18.0 Å². The van der Waals surface area contributed by atoms with Gasteiger partial charge in [0, 0.05) is 6.54 Å².